The summed E-state index contributed by atoms with van der Waals surface area (Å²) in [6.07, 6.45) is 9.86. The van der Waals surface area contributed by atoms with Crippen LogP contribution in [0.25, 0.3) is 44.5 Å². The molecule has 8 aromatic carbocycles. The maximum atomic E-state index is 2.75. The minimum absolute atomic E-state index is 0.00580. The highest BCUT2D eigenvalue weighted by Gasteiger charge is 2.60. The predicted octanol–water partition coefficient (Wildman–Crippen LogP) is 18.1. The number of para-hydroxylation sites is 2. The van der Waals surface area contributed by atoms with E-state index in [1.807, 2.05) is 0 Å². The van der Waals surface area contributed by atoms with Gasteiger partial charge in [0.25, 0.3) is 0 Å². The Labute approximate surface area is 422 Å². The van der Waals surface area contributed by atoms with Crippen LogP contribution in [0.4, 0.5) is 22.7 Å². The highest BCUT2D eigenvalue weighted by molar-refractivity contribution is 5.98. The fourth-order valence-electron chi connectivity index (χ4n) is 16.3. The van der Waals surface area contributed by atoms with E-state index in [9.17, 15) is 0 Å². The van der Waals surface area contributed by atoms with Crippen molar-refractivity contribution < 1.29 is 0 Å². The van der Waals surface area contributed by atoms with Crippen LogP contribution in [0.3, 0.4) is 0 Å². The molecule has 352 valence electrons. The summed E-state index contributed by atoms with van der Waals surface area (Å²) >= 11 is 0. The van der Waals surface area contributed by atoms with Crippen molar-refractivity contribution >= 4 is 22.7 Å². The maximum absolute atomic E-state index is 2.75. The average Bonchev–Trinajstić information content (AvgIpc) is 4.01. The SMILES string of the molecule is Cc1c(-c2ccc3c(c2)C2(c4ccccc4-c4ccccc42)c2cc(-c4cc5c(c(C)c4C)N(c4ccccc4)C4(C)CCCCC54C)ccc2-3)cc2c(c1C)N(c1ccccc1)C1(C)CCCCC21C. The number of hydrogen-bond acceptors (Lipinski definition) is 2. The molecule has 6 aliphatic rings. The van der Waals surface area contributed by atoms with Gasteiger partial charge in [0, 0.05) is 33.6 Å². The third kappa shape index (κ3) is 5.24. The second-order valence-corrected chi connectivity index (χ2v) is 23.5. The summed E-state index contributed by atoms with van der Waals surface area (Å²) in [5, 5.41) is 0. The van der Waals surface area contributed by atoms with Gasteiger partial charge in [-0.15, -0.1) is 0 Å². The molecule has 0 bridgehead atoms. The van der Waals surface area contributed by atoms with E-state index in [0.29, 0.717) is 0 Å². The van der Waals surface area contributed by atoms with Crippen LogP contribution in [-0.4, -0.2) is 11.1 Å². The fraction of sp³-hybridized carbons (Fsp3) is 0.304. The Morgan fingerprint density at radius 3 is 1.11 bits per heavy atom. The van der Waals surface area contributed by atoms with Crippen molar-refractivity contribution in [3.63, 3.8) is 0 Å². The van der Waals surface area contributed by atoms with Gasteiger partial charge in [-0.2, -0.15) is 0 Å². The van der Waals surface area contributed by atoms with E-state index in [4.69, 9.17) is 0 Å². The van der Waals surface area contributed by atoms with E-state index in [2.05, 4.69) is 223 Å². The lowest BCUT2D eigenvalue weighted by Gasteiger charge is -2.50. The van der Waals surface area contributed by atoms with Gasteiger partial charge in [0.05, 0.1) is 16.5 Å². The summed E-state index contributed by atoms with van der Waals surface area (Å²) in [6.45, 7) is 19.9. The van der Waals surface area contributed by atoms with Crippen molar-refractivity contribution in [2.75, 3.05) is 9.80 Å². The van der Waals surface area contributed by atoms with Crippen LogP contribution in [0.2, 0.25) is 0 Å². The molecular weight excluding hydrogens is 857 g/mol. The molecule has 0 amide bonds. The Morgan fingerprint density at radius 2 is 0.690 bits per heavy atom. The van der Waals surface area contributed by atoms with Gasteiger partial charge in [0.15, 0.2) is 0 Å². The minimum Gasteiger partial charge on any atom is -0.334 e. The molecule has 2 fully saturated rings. The third-order valence-electron chi connectivity index (χ3n) is 20.7. The molecule has 71 heavy (non-hydrogen) atoms. The van der Waals surface area contributed by atoms with Crippen LogP contribution in [0.5, 0.6) is 0 Å². The Balaban J connectivity index is 0.982. The molecular formula is C69H66N2. The topological polar surface area (TPSA) is 6.48 Å². The molecule has 0 N–H and O–H groups in total. The summed E-state index contributed by atoms with van der Waals surface area (Å²) in [6, 6.07) is 61.6. The van der Waals surface area contributed by atoms with E-state index in [0.717, 1.165) is 0 Å². The van der Waals surface area contributed by atoms with Gasteiger partial charge in [-0.05, 0) is 216 Å². The molecule has 0 radical (unpaired) electrons. The number of anilines is 4. The Kier molecular flexibility index (Phi) is 8.95. The monoisotopic (exact) mass is 923 g/mol. The van der Waals surface area contributed by atoms with Gasteiger partial charge in [-0.3, -0.25) is 0 Å². The number of rotatable bonds is 4. The Hall–Kier alpha value is -6.64. The number of benzene rings is 8. The van der Waals surface area contributed by atoms with Crippen molar-refractivity contribution in [3.05, 3.63) is 213 Å². The molecule has 4 aliphatic carbocycles. The molecule has 1 spiro atoms. The zero-order valence-electron chi connectivity index (χ0n) is 43.1. The standard InChI is InChI=1S/C69H66N2/c1-43-45(3)63-61(65(5)35-19-21-37-67(65,7)70(63)49-23-11-9-12-24-49)41-55(43)47-31-33-53-54-34-32-48(40-60(54)69(59(53)39-47)57-29-17-15-27-51(57)52-28-16-18-30-58(52)69)56-42-62-64(46(4)44(56)2)71(50-25-13-10-14-26-50)68(8)38-22-20-36-66(62,68)6/h9-18,23-34,39-42H,19-22,35-38H2,1-8H3. The average molecular weight is 923 g/mol. The van der Waals surface area contributed by atoms with Crippen molar-refractivity contribution in [1.29, 1.82) is 0 Å². The van der Waals surface area contributed by atoms with Crippen molar-refractivity contribution in [3.8, 4) is 44.5 Å². The molecule has 2 saturated carbocycles. The van der Waals surface area contributed by atoms with Crippen LogP contribution >= 0.6 is 0 Å². The summed E-state index contributed by atoms with van der Waals surface area (Å²) in [7, 11) is 0. The van der Waals surface area contributed by atoms with E-state index in [1.165, 1.54) is 174 Å². The van der Waals surface area contributed by atoms with Crippen molar-refractivity contribution in [2.45, 2.75) is 134 Å². The molecule has 14 rings (SSSR count). The second kappa shape index (κ2) is 14.7. The summed E-state index contributed by atoms with van der Waals surface area (Å²) in [4.78, 5) is 5.51. The van der Waals surface area contributed by atoms with E-state index < -0.39 is 5.41 Å². The first-order valence-corrected chi connectivity index (χ1v) is 26.9. The van der Waals surface area contributed by atoms with Crippen LogP contribution < -0.4 is 9.80 Å². The zero-order chi connectivity index (χ0) is 48.4. The van der Waals surface area contributed by atoms with Crippen LogP contribution in [0, 0.1) is 27.7 Å². The van der Waals surface area contributed by atoms with Gasteiger partial charge in [0.2, 0.25) is 0 Å². The lowest BCUT2D eigenvalue weighted by molar-refractivity contribution is 0.195. The summed E-state index contributed by atoms with van der Waals surface area (Å²) in [5.74, 6) is 0. The highest BCUT2D eigenvalue weighted by Crippen LogP contribution is 2.67. The fourth-order valence-corrected chi connectivity index (χ4v) is 16.3. The van der Waals surface area contributed by atoms with Crippen molar-refractivity contribution in [2.24, 2.45) is 0 Å². The predicted molar refractivity (Wildman–Crippen MR) is 298 cm³/mol. The zero-order valence-corrected chi connectivity index (χ0v) is 43.1. The minimum atomic E-state index is -0.473. The smallest absolute Gasteiger partial charge is 0.0725 e. The van der Waals surface area contributed by atoms with Gasteiger partial charge < -0.3 is 9.80 Å². The molecule has 2 aliphatic heterocycles. The molecule has 4 unspecified atom stereocenters. The lowest BCUT2D eigenvalue weighted by atomic mass is 9.61. The van der Waals surface area contributed by atoms with Crippen molar-refractivity contribution in [1.82, 2.24) is 0 Å². The van der Waals surface area contributed by atoms with E-state index in [1.54, 1.807) is 0 Å². The Bertz CT molecular complexity index is 3330. The molecule has 2 heteroatoms. The largest absolute Gasteiger partial charge is 0.334 e. The molecule has 0 saturated heterocycles. The number of fused-ring (bicyclic) bond motifs is 16. The molecule has 8 aromatic rings. The first-order chi connectivity index (χ1) is 34.4. The third-order valence-corrected chi connectivity index (χ3v) is 20.7. The Morgan fingerprint density at radius 1 is 0.324 bits per heavy atom. The highest BCUT2D eigenvalue weighted by atomic mass is 15.3. The van der Waals surface area contributed by atoms with E-state index >= 15 is 0 Å². The molecule has 2 nitrogen and oxygen atoms in total. The van der Waals surface area contributed by atoms with Gasteiger partial charge in [-0.1, -0.05) is 149 Å². The van der Waals surface area contributed by atoms with Gasteiger partial charge in [-0.25, -0.2) is 0 Å². The number of nitrogens with zero attached hydrogens (tertiary/aromatic N) is 2. The maximum Gasteiger partial charge on any atom is 0.0725 e. The van der Waals surface area contributed by atoms with E-state index in [-0.39, 0.29) is 21.9 Å². The summed E-state index contributed by atoms with van der Waals surface area (Å²) < 4.78 is 0. The first kappa shape index (κ1) is 43.2. The normalized spacial score (nSPS) is 24.7. The van der Waals surface area contributed by atoms with Crippen LogP contribution in [0.1, 0.15) is 135 Å². The molecule has 2 heterocycles. The van der Waals surface area contributed by atoms with Crippen LogP contribution in [0.15, 0.2) is 158 Å². The van der Waals surface area contributed by atoms with Gasteiger partial charge in [0.1, 0.15) is 0 Å². The second-order valence-electron chi connectivity index (χ2n) is 23.5. The lowest BCUT2D eigenvalue weighted by Crippen LogP contribution is -2.54. The number of hydrogen-bond donors (Lipinski definition) is 0. The summed E-state index contributed by atoms with van der Waals surface area (Å²) in [5.41, 5.74) is 30.1. The first-order valence-electron chi connectivity index (χ1n) is 26.9. The van der Waals surface area contributed by atoms with Gasteiger partial charge >= 0.3 is 0 Å². The van der Waals surface area contributed by atoms with Crippen LogP contribution in [-0.2, 0) is 16.2 Å². The molecule has 4 atom stereocenters. The molecule has 0 aromatic heterocycles. The quantitative estimate of drug-likeness (QED) is 0.174.